The average Bonchev–Trinajstić information content (AvgIpc) is 3.05. The number of aromatic nitrogens is 3. The quantitative estimate of drug-likeness (QED) is 0.787. The van der Waals surface area contributed by atoms with Gasteiger partial charge in [0.1, 0.15) is 5.82 Å². The molecule has 1 amide bonds. The van der Waals surface area contributed by atoms with Crippen molar-refractivity contribution in [2.45, 2.75) is 20.4 Å². The molecule has 1 N–H and O–H groups in total. The van der Waals surface area contributed by atoms with Crippen LogP contribution in [-0.4, -0.2) is 32.3 Å². The van der Waals surface area contributed by atoms with Gasteiger partial charge in [0, 0.05) is 30.5 Å². The standard InChI is InChI=1S/C18H20N4O/c1-13(2)11-22(12-17-20-9-10-21-17)18(23)15-7-8-19-16-6-4-3-5-14(15)16/h3-10,13H,11-12H2,1-2H3,(H,20,21). The fourth-order valence-electron chi connectivity index (χ4n) is 2.68. The Morgan fingerprint density at radius 3 is 2.74 bits per heavy atom. The molecule has 0 radical (unpaired) electrons. The minimum absolute atomic E-state index is 0.00806. The van der Waals surface area contributed by atoms with Crippen molar-refractivity contribution >= 4 is 16.8 Å². The molecule has 0 bridgehead atoms. The van der Waals surface area contributed by atoms with Crippen LogP contribution < -0.4 is 0 Å². The Balaban J connectivity index is 1.95. The molecule has 0 atom stereocenters. The van der Waals surface area contributed by atoms with E-state index in [1.54, 1.807) is 24.7 Å². The second-order valence-corrected chi connectivity index (χ2v) is 5.99. The number of benzene rings is 1. The third-order valence-electron chi connectivity index (χ3n) is 3.65. The van der Waals surface area contributed by atoms with Gasteiger partial charge >= 0.3 is 0 Å². The maximum atomic E-state index is 13.1. The summed E-state index contributed by atoms with van der Waals surface area (Å²) in [6.07, 6.45) is 5.17. The Hall–Kier alpha value is -2.69. The van der Waals surface area contributed by atoms with Crippen molar-refractivity contribution in [3.63, 3.8) is 0 Å². The molecule has 0 aliphatic rings. The fourth-order valence-corrected chi connectivity index (χ4v) is 2.68. The minimum Gasteiger partial charge on any atom is -0.347 e. The van der Waals surface area contributed by atoms with E-state index in [4.69, 9.17) is 0 Å². The third-order valence-corrected chi connectivity index (χ3v) is 3.65. The van der Waals surface area contributed by atoms with E-state index in [2.05, 4.69) is 28.8 Å². The van der Waals surface area contributed by atoms with Crippen molar-refractivity contribution in [3.05, 3.63) is 60.3 Å². The smallest absolute Gasteiger partial charge is 0.255 e. The molecular formula is C18H20N4O. The van der Waals surface area contributed by atoms with Gasteiger partial charge in [-0.1, -0.05) is 32.0 Å². The average molecular weight is 308 g/mol. The largest absolute Gasteiger partial charge is 0.347 e. The Bertz CT molecular complexity index is 790. The Labute approximate surface area is 135 Å². The van der Waals surface area contributed by atoms with E-state index in [9.17, 15) is 4.79 Å². The molecule has 5 nitrogen and oxygen atoms in total. The molecule has 0 saturated heterocycles. The summed E-state index contributed by atoms with van der Waals surface area (Å²) >= 11 is 0. The van der Waals surface area contributed by atoms with Gasteiger partial charge in [-0.25, -0.2) is 4.98 Å². The van der Waals surface area contributed by atoms with Gasteiger partial charge in [0.15, 0.2) is 0 Å². The van der Waals surface area contributed by atoms with Crippen molar-refractivity contribution in [2.75, 3.05) is 6.54 Å². The molecular weight excluding hydrogens is 288 g/mol. The lowest BCUT2D eigenvalue weighted by Crippen LogP contribution is -2.34. The molecule has 0 saturated carbocycles. The van der Waals surface area contributed by atoms with Gasteiger partial charge < -0.3 is 9.88 Å². The number of carbonyl (C=O) groups excluding carboxylic acids is 1. The lowest BCUT2D eigenvalue weighted by Gasteiger charge is -2.24. The van der Waals surface area contributed by atoms with Crippen LogP contribution in [0.2, 0.25) is 0 Å². The first-order valence-corrected chi connectivity index (χ1v) is 7.76. The minimum atomic E-state index is 0.00806. The van der Waals surface area contributed by atoms with Crippen molar-refractivity contribution in [1.29, 1.82) is 0 Å². The molecule has 0 spiro atoms. The number of imidazole rings is 1. The molecule has 3 aromatic rings. The molecule has 1 aromatic carbocycles. The fraction of sp³-hybridized carbons (Fsp3) is 0.278. The van der Waals surface area contributed by atoms with E-state index in [1.165, 1.54) is 0 Å². The highest BCUT2D eigenvalue weighted by atomic mass is 16.2. The number of hydrogen-bond acceptors (Lipinski definition) is 3. The van der Waals surface area contributed by atoms with Gasteiger partial charge in [-0.15, -0.1) is 0 Å². The number of H-pyrrole nitrogens is 1. The molecule has 118 valence electrons. The summed E-state index contributed by atoms with van der Waals surface area (Å²) in [4.78, 5) is 26.6. The van der Waals surface area contributed by atoms with E-state index < -0.39 is 0 Å². The van der Waals surface area contributed by atoms with Crippen molar-refractivity contribution in [1.82, 2.24) is 19.9 Å². The van der Waals surface area contributed by atoms with Crippen LogP contribution in [0, 0.1) is 5.92 Å². The first kappa shape index (κ1) is 15.2. The van der Waals surface area contributed by atoms with Crippen LogP contribution in [0.4, 0.5) is 0 Å². The van der Waals surface area contributed by atoms with Gasteiger partial charge in [-0.3, -0.25) is 9.78 Å². The van der Waals surface area contributed by atoms with E-state index >= 15 is 0 Å². The summed E-state index contributed by atoms with van der Waals surface area (Å²) < 4.78 is 0. The lowest BCUT2D eigenvalue weighted by atomic mass is 10.1. The number of carbonyl (C=O) groups is 1. The number of amides is 1. The Morgan fingerprint density at radius 1 is 1.17 bits per heavy atom. The molecule has 5 heteroatoms. The number of fused-ring (bicyclic) bond motifs is 1. The van der Waals surface area contributed by atoms with E-state index in [0.717, 1.165) is 16.7 Å². The molecule has 0 aliphatic heterocycles. The molecule has 0 aliphatic carbocycles. The zero-order valence-electron chi connectivity index (χ0n) is 13.4. The zero-order valence-corrected chi connectivity index (χ0v) is 13.4. The Morgan fingerprint density at radius 2 is 2.00 bits per heavy atom. The van der Waals surface area contributed by atoms with Gasteiger partial charge in [0.2, 0.25) is 0 Å². The van der Waals surface area contributed by atoms with E-state index in [0.29, 0.717) is 24.6 Å². The molecule has 23 heavy (non-hydrogen) atoms. The number of para-hydroxylation sites is 1. The molecule has 0 unspecified atom stereocenters. The summed E-state index contributed by atoms with van der Waals surface area (Å²) in [7, 11) is 0. The first-order valence-electron chi connectivity index (χ1n) is 7.76. The second-order valence-electron chi connectivity index (χ2n) is 5.99. The van der Waals surface area contributed by atoms with Crippen LogP contribution in [0.1, 0.15) is 30.0 Å². The SMILES string of the molecule is CC(C)CN(Cc1ncc[nH]1)C(=O)c1ccnc2ccccc12. The summed E-state index contributed by atoms with van der Waals surface area (Å²) in [6.45, 7) is 5.36. The van der Waals surface area contributed by atoms with Gasteiger partial charge in [0.25, 0.3) is 5.91 Å². The van der Waals surface area contributed by atoms with E-state index in [1.807, 2.05) is 29.2 Å². The number of aromatic amines is 1. The van der Waals surface area contributed by atoms with E-state index in [-0.39, 0.29) is 5.91 Å². The van der Waals surface area contributed by atoms with Gasteiger partial charge in [-0.05, 0) is 18.1 Å². The highest BCUT2D eigenvalue weighted by Crippen LogP contribution is 2.19. The highest BCUT2D eigenvalue weighted by molar-refractivity contribution is 6.05. The number of nitrogens with one attached hydrogen (secondary N) is 1. The molecule has 3 rings (SSSR count). The number of rotatable bonds is 5. The van der Waals surface area contributed by atoms with Gasteiger partial charge in [-0.2, -0.15) is 0 Å². The number of pyridine rings is 1. The zero-order chi connectivity index (χ0) is 16.2. The topological polar surface area (TPSA) is 61.9 Å². The molecule has 2 aromatic heterocycles. The summed E-state index contributed by atoms with van der Waals surface area (Å²) in [5.41, 5.74) is 1.52. The maximum Gasteiger partial charge on any atom is 0.255 e. The van der Waals surface area contributed by atoms with Crippen LogP contribution in [0.3, 0.4) is 0 Å². The van der Waals surface area contributed by atoms with Crippen LogP contribution in [0.5, 0.6) is 0 Å². The summed E-state index contributed by atoms with van der Waals surface area (Å²) in [5.74, 6) is 1.17. The van der Waals surface area contributed by atoms with Crippen molar-refractivity contribution in [3.8, 4) is 0 Å². The van der Waals surface area contributed by atoms with Crippen LogP contribution in [0.15, 0.2) is 48.9 Å². The molecule has 0 fully saturated rings. The maximum absolute atomic E-state index is 13.1. The van der Waals surface area contributed by atoms with Crippen LogP contribution in [0.25, 0.3) is 10.9 Å². The molecule has 2 heterocycles. The first-order chi connectivity index (χ1) is 11.1. The van der Waals surface area contributed by atoms with Crippen molar-refractivity contribution < 1.29 is 4.79 Å². The monoisotopic (exact) mass is 308 g/mol. The summed E-state index contributed by atoms with van der Waals surface area (Å²) in [6, 6.07) is 9.51. The van der Waals surface area contributed by atoms with Crippen LogP contribution >= 0.6 is 0 Å². The van der Waals surface area contributed by atoms with Crippen LogP contribution in [-0.2, 0) is 6.54 Å². The number of hydrogen-bond donors (Lipinski definition) is 1. The highest BCUT2D eigenvalue weighted by Gasteiger charge is 2.20. The summed E-state index contributed by atoms with van der Waals surface area (Å²) in [5, 5.41) is 0.883. The normalized spacial score (nSPS) is 11.1. The Kier molecular flexibility index (Phi) is 4.37. The van der Waals surface area contributed by atoms with Crippen molar-refractivity contribution in [2.24, 2.45) is 5.92 Å². The predicted octanol–water partition coefficient (Wildman–Crippen LogP) is 3.26. The third kappa shape index (κ3) is 3.39. The van der Waals surface area contributed by atoms with Gasteiger partial charge in [0.05, 0.1) is 17.6 Å². The second kappa shape index (κ2) is 6.60. The lowest BCUT2D eigenvalue weighted by molar-refractivity contribution is 0.0720. The predicted molar refractivity (Wildman–Crippen MR) is 89.9 cm³/mol. The number of nitrogens with zero attached hydrogens (tertiary/aromatic N) is 3.